The van der Waals surface area contributed by atoms with Gasteiger partial charge in [0.25, 0.3) is 5.56 Å². The van der Waals surface area contributed by atoms with Gasteiger partial charge in [0.1, 0.15) is 5.82 Å². The van der Waals surface area contributed by atoms with Crippen molar-refractivity contribution in [3.8, 4) is 0 Å². The van der Waals surface area contributed by atoms with E-state index in [0.29, 0.717) is 5.22 Å². The molecule has 0 spiro atoms. The van der Waals surface area contributed by atoms with E-state index in [9.17, 15) is 4.79 Å². The first-order valence-electron chi connectivity index (χ1n) is 6.89. The van der Waals surface area contributed by atoms with Crippen LogP contribution in [0.2, 0.25) is 0 Å². The maximum atomic E-state index is 12.6. The molecule has 1 aliphatic heterocycles. The average Bonchev–Trinajstić information content (AvgIpc) is 2.41. The Morgan fingerprint density at radius 2 is 2.05 bits per heavy atom. The lowest BCUT2D eigenvalue weighted by Gasteiger charge is -2.33. The minimum absolute atomic E-state index is 0.0717. The van der Waals surface area contributed by atoms with Crippen molar-refractivity contribution in [1.29, 1.82) is 0 Å². The van der Waals surface area contributed by atoms with E-state index >= 15 is 0 Å². The Balaban J connectivity index is 2.26. The zero-order valence-corrected chi connectivity index (χ0v) is 12.4. The quantitative estimate of drug-likeness (QED) is 0.776. The van der Waals surface area contributed by atoms with E-state index < -0.39 is 0 Å². The minimum atomic E-state index is 0.0717. The van der Waals surface area contributed by atoms with Crippen LogP contribution >= 0.6 is 12.6 Å². The number of allylic oxidation sites excluding steroid dienone is 4. The topological polar surface area (TPSA) is 34.9 Å². The molecule has 0 bridgehead atoms. The summed E-state index contributed by atoms with van der Waals surface area (Å²) in [5.41, 5.74) is 0.208. The normalized spacial score (nSPS) is 23.9. The Hall–Kier alpha value is -1.55. The predicted molar refractivity (Wildman–Crippen MR) is 85.2 cm³/mol. The van der Waals surface area contributed by atoms with Crippen LogP contribution in [0.3, 0.4) is 0 Å². The Morgan fingerprint density at radius 3 is 2.80 bits per heavy atom. The molecule has 1 unspecified atom stereocenters. The second-order valence-electron chi connectivity index (χ2n) is 5.78. The van der Waals surface area contributed by atoms with Gasteiger partial charge in [-0.3, -0.25) is 9.36 Å². The molecule has 0 saturated heterocycles. The minimum Gasteiger partial charge on any atom is -0.296 e. The Kier molecular flexibility index (Phi) is 3.42. The summed E-state index contributed by atoms with van der Waals surface area (Å²) in [7, 11) is 0. The molecule has 1 aromatic rings. The van der Waals surface area contributed by atoms with Crippen molar-refractivity contribution in [2.75, 3.05) is 5.75 Å². The molecule has 1 aromatic heterocycles. The number of fused-ring (bicyclic) bond motifs is 2. The van der Waals surface area contributed by atoms with Gasteiger partial charge in [0.05, 0.1) is 10.6 Å². The molecular formula is C16H18N2OS. The van der Waals surface area contributed by atoms with Crippen molar-refractivity contribution in [2.24, 2.45) is 5.41 Å². The summed E-state index contributed by atoms with van der Waals surface area (Å²) in [6.45, 7) is 2.95. The van der Waals surface area contributed by atoms with Gasteiger partial charge in [0, 0.05) is 13.0 Å². The fourth-order valence-corrected chi connectivity index (χ4v) is 2.96. The van der Waals surface area contributed by atoms with Gasteiger partial charge < -0.3 is 0 Å². The standard InChI is InChI=1S/C16H18N2OS/c1-16(11-20)8-9-18-14(10-16)17-13-7-5-3-2-4-6-12(13)15(18)19/h2-7,20H,8-11H2,1H3. The van der Waals surface area contributed by atoms with E-state index in [-0.39, 0.29) is 11.0 Å². The average molecular weight is 286 g/mol. The van der Waals surface area contributed by atoms with E-state index in [4.69, 9.17) is 4.98 Å². The fraction of sp³-hybridized carbons (Fsp3) is 0.375. The van der Waals surface area contributed by atoms with Gasteiger partial charge in [0.2, 0.25) is 0 Å². The molecular weight excluding hydrogens is 268 g/mol. The number of hydrogen-bond acceptors (Lipinski definition) is 3. The number of hydrogen-bond donors (Lipinski definition) is 1. The van der Waals surface area contributed by atoms with Crippen molar-refractivity contribution in [2.45, 2.75) is 26.3 Å². The lowest BCUT2D eigenvalue weighted by atomic mass is 9.82. The summed E-state index contributed by atoms with van der Waals surface area (Å²) in [6.07, 6.45) is 13.2. The molecule has 20 heavy (non-hydrogen) atoms. The molecule has 3 nitrogen and oxygen atoms in total. The van der Waals surface area contributed by atoms with Crippen molar-refractivity contribution >= 4 is 24.8 Å². The second-order valence-corrected chi connectivity index (χ2v) is 6.10. The first-order valence-corrected chi connectivity index (χ1v) is 7.52. The Bertz CT molecular complexity index is 773. The van der Waals surface area contributed by atoms with Gasteiger partial charge in [-0.05, 0) is 29.7 Å². The molecule has 1 atom stereocenters. The summed E-state index contributed by atoms with van der Waals surface area (Å²) in [4.78, 5) is 17.3. The van der Waals surface area contributed by atoms with Crippen LogP contribution in [-0.4, -0.2) is 15.3 Å². The monoisotopic (exact) mass is 286 g/mol. The fourth-order valence-electron chi connectivity index (χ4n) is 2.69. The van der Waals surface area contributed by atoms with E-state index in [0.717, 1.165) is 36.3 Å². The Labute approximate surface area is 123 Å². The van der Waals surface area contributed by atoms with Gasteiger partial charge in [-0.1, -0.05) is 31.2 Å². The molecule has 0 fully saturated rings. The van der Waals surface area contributed by atoms with Gasteiger partial charge in [-0.15, -0.1) is 0 Å². The highest BCUT2D eigenvalue weighted by molar-refractivity contribution is 7.80. The third kappa shape index (κ3) is 2.29. The van der Waals surface area contributed by atoms with Crippen molar-refractivity contribution in [3.63, 3.8) is 0 Å². The van der Waals surface area contributed by atoms with Crippen LogP contribution < -0.4 is 16.1 Å². The van der Waals surface area contributed by atoms with Crippen LogP contribution in [0.5, 0.6) is 0 Å². The van der Waals surface area contributed by atoms with Crippen LogP contribution in [0.1, 0.15) is 19.2 Å². The molecule has 0 aromatic carbocycles. The molecule has 104 valence electrons. The van der Waals surface area contributed by atoms with Crippen LogP contribution in [0.15, 0.2) is 29.1 Å². The number of aromatic nitrogens is 2. The summed E-state index contributed by atoms with van der Waals surface area (Å²) < 4.78 is 1.83. The number of thiol groups is 1. The van der Waals surface area contributed by atoms with E-state index in [1.54, 1.807) is 0 Å². The summed E-state index contributed by atoms with van der Waals surface area (Å²) in [5.74, 6) is 1.71. The largest absolute Gasteiger partial charge is 0.296 e. The molecule has 0 N–H and O–H groups in total. The lowest BCUT2D eigenvalue weighted by Crippen LogP contribution is -2.51. The maximum Gasteiger partial charge on any atom is 0.261 e. The van der Waals surface area contributed by atoms with E-state index in [1.807, 2.05) is 41.0 Å². The van der Waals surface area contributed by atoms with E-state index in [1.165, 1.54) is 0 Å². The zero-order valence-electron chi connectivity index (χ0n) is 11.5. The molecule has 2 heterocycles. The Morgan fingerprint density at radius 1 is 1.30 bits per heavy atom. The SMILES string of the molecule is CC1(CS)CCn2c(nc3c(c2=O)=CC=CC=CC=3)C1. The van der Waals surface area contributed by atoms with Gasteiger partial charge in [-0.25, -0.2) is 4.98 Å². The van der Waals surface area contributed by atoms with Crippen LogP contribution in [-0.2, 0) is 13.0 Å². The highest BCUT2D eigenvalue weighted by Crippen LogP contribution is 2.30. The second kappa shape index (κ2) is 5.09. The van der Waals surface area contributed by atoms with Crippen molar-refractivity contribution in [1.82, 2.24) is 9.55 Å². The zero-order chi connectivity index (χ0) is 14.2. The van der Waals surface area contributed by atoms with Crippen LogP contribution in [0.4, 0.5) is 0 Å². The molecule has 4 heteroatoms. The first-order chi connectivity index (χ1) is 9.63. The number of nitrogens with zero attached hydrogens (tertiary/aromatic N) is 2. The van der Waals surface area contributed by atoms with Crippen molar-refractivity contribution < 1.29 is 0 Å². The summed E-state index contributed by atoms with van der Waals surface area (Å²) in [6, 6.07) is 0. The smallest absolute Gasteiger partial charge is 0.261 e. The molecule has 3 rings (SSSR count). The molecule has 0 radical (unpaired) electrons. The molecule has 2 aliphatic rings. The van der Waals surface area contributed by atoms with Crippen LogP contribution in [0, 0.1) is 5.41 Å². The highest BCUT2D eigenvalue weighted by atomic mass is 32.1. The third-order valence-electron chi connectivity index (χ3n) is 4.07. The molecule has 0 amide bonds. The van der Waals surface area contributed by atoms with Crippen molar-refractivity contribution in [3.05, 3.63) is 51.1 Å². The van der Waals surface area contributed by atoms with Crippen LogP contribution in [0.25, 0.3) is 12.2 Å². The van der Waals surface area contributed by atoms with Gasteiger partial charge in [-0.2, -0.15) is 12.6 Å². The summed E-state index contributed by atoms with van der Waals surface area (Å²) >= 11 is 4.45. The molecule has 0 saturated carbocycles. The molecule has 1 aliphatic carbocycles. The highest BCUT2D eigenvalue weighted by Gasteiger charge is 2.30. The number of rotatable bonds is 1. The lowest BCUT2D eigenvalue weighted by molar-refractivity contribution is 0.266. The van der Waals surface area contributed by atoms with Gasteiger partial charge >= 0.3 is 0 Å². The third-order valence-corrected chi connectivity index (χ3v) is 4.83. The first kappa shape index (κ1) is 13.4. The maximum absolute atomic E-state index is 12.6. The van der Waals surface area contributed by atoms with Gasteiger partial charge in [0.15, 0.2) is 0 Å². The summed E-state index contributed by atoms with van der Waals surface area (Å²) in [5, 5.41) is 1.45. The predicted octanol–water partition coefficient (Wildman–Crippen LogP) is 0.813. The van der Waals surface area contributed by atoms with E-state index in [2.05, 4.69) is 19.6 Å².